The van der Waals surface area contributed by atoms with Crippen LogP contribution < -0.4 is 0 Å². The summed E-state index contributed by atoms with van der Waals surface area (Å²) in [5, 5.41) is 0. The molecule has 1 amide bonds. The number of halogens is 1. The molecule has 19 heavy (non-hydrogen) atoms. The predicted molar refractivity (Wildman–Crippen MR) is 76.5 cm³/mol. The van der Waals surface area contributed by atoms with Crippen molar-refractivity contribution in [2.75, 3.05) is 6.98 Å². The summed E-state index contributed by atoms with van der Waals surface area (Å²) in [7, 11) is 0. The molecule has 1 aliphatic carbocycles. The number of carbonyl (C=O) groups excluding carboxylic acids is 1. The Morgan fingerprint density at radius 2 is 2.21 bits per heavy atom. The van der Waals surface area contributed by atoms with E-state index in [1.807, 2.05) is 18.2 Å². The standard InChI is InChI=1S/C15H13BrN2O/c1-17-14(19)12-3-2-8-18(12)13-9-10(16)4-5-11(13)15(17)6-7-15/h2-5,8-9H,6-7H2,1H3/i1D3. The van der Waals surface area contributed by atoms with Crippen LogP contribution in [0, 0.1) is 0 Å². The minimum absolute atomic E-state index is 0.388. The zero-order chi connectivity index (χ0) is 15.7. The second-order valence-electron chi connectivity index (χ2n) is 5.10. The van der Waals surface area contributed by atoms with Crippen LogP contribution in [0.25, 0.3) is 5.69 Å². The first-order valence-electron chi connectivity index (χ1n) is 7.67. The van der Waals surface area contributed by atoms with Gasteiger partial charge in [0.15, 0.2) is 0 Å². The molecule has 0 bridgehead atoms. The Morgan fingerprint density at radius 1 is 1.37 bits per heavy atom. The smallest absolute Gasteiger partial charge is 0.271 e. The first-order chi connectivity index (χ1) is 10.3. The number of nitrogens with zero attached hydrogens (tertiary/aromatic N) is 2. The topological polar surface area (TPSA) is 25.2 Å². The molecule has 4 rings (SSSR count). The Hall–Kier alpha value is -1.55. The largest absolute Gasteiger partial charge is 0.331 e. The van der Waals surface area contributed by atoms with E-state index in [9.17, 15) is 4.79 Å². The molecule has 1 spiro atoms. The molecule has 1 aromatic heterocycles. The summed E-state index contributed by atoms with van der Waals surface area (Å²) in [5.41, 5.74) is 1.44. The lowest BCUT2D eigenvalue weighted by molar-refractivity contribution is 0.0705. The molecule has 1 saturated carbocycles. The third-order valence-corrected chi connectivity index (χ3v) is 4.54. The number of hydrogen-bond donors (Lipinski definition) is 0. The zero-order valence-corrected chi connectivity index (χ0v) is 11.6. The molecule has 4 heteroatoms. The maximum absolute atomic E-state index is 12.9. The van der Waals surface area contributed by atoms with Crippen LogP contribution in [0.2, 0.25) is 0 Å². The van der Waals surface area contributed by atoms with Crippen LogP contribution >= 0.6 is 15.9 Å². The van der Waals surface area contributed by atoms with Gasteiger partial charge in [0.05, 0.1) is 11.2 Å². The highest BCUT2D eigenvalue weighted by Crippen LogP contribution is 2.54. The van der Waals surface area contributed by atoms with E-state index in [4.69, 9.17) is 4.11 Å². The molecule has 0 atom stereocenters. The highest BCUT2D eigenvalue weighted by atomic mass is 79.9. The van der Waals surface area contributed by atoms with Crippen LogP contribution in [0.3, 0.4) is 0 Å². The molecule has 3 nitrogen and oxygen atoms in total. The van der Waals surface area contributed by atoms with E-state index in [0.717, 1.165) is 20.6 Å². The number of benzene rings is 1. The quantitative estimate of drug-likeness (QED) is 0.731. The molecule has 96 valence electrons. The van der Waals surface area contributed by atoms with E-state index >= 15 is 0 Å². The van der Waals surface area contributed by atoms with Gasteiger partial charge in [-0.2, -0.15) is 0 Å². The molecule has 1 aromatic carbocycles. The average Bonchev–Trinajstić information content (AvgIpc) is 3.05. The van der Waals surface area contributed by atoms with E-state index < -0.39 is 18.4 Å². The van der Waals surface area contributed by atoms with Crippen molar-refractivity contribution in [1.29, 1.82) is 0 Å². The Labute approximate surface area is 124 Å². The summed E-state index contributed by atoms with van der Waals surface area (Å²) < 4.78 is 26.2. The number of rotatable bonds is 0. The van der Waals surface area contributed by atoms with Crippen molar-refractivity contribution in [3.05, 3.63) is 52.3 Å². The lowest BCUT2D eigenvalue weighted by atomic mass is 10.0. The molecule has 2 aromatic rings. The first-order valence-corrected chi connectivity index (χ1v) is 6.96. The zero-order valence-electron chi connectivity index (χ0n) is 13.1. The van der Waals surface area contributed by atoms with Crippen molar-refractivity contribution in [2.24, 2.45) is 0 Å². The summed E-state index contributed by atoms with van der Waals surface area (Å²) in [5.74, 6) is -0.435. The highest BCUT2D eigenvalue weighted by Gasteiger charge is 2.53. The third-order valence-electron chi connectivity index (χ3n) is 4.04. The average molecular weight is 320 g/mol. The molecule has 1 aliphatic heterocycles. The number of fused-ring (bicyclic) bond motifs is 4. The third kappa shape index (κ3) is 1.35. The van der Waals surface area contributed by atoms with Crippen molar-refractivity contribution in [1.82, 2.24) is 9.47 Å². The van der Waals surface area contributed by atoms with E-state index in [-0.39, 0.29) is 0 Å². The number of hydrogen-bond acceptors (Lipinski definition) is 1. The molecule has 0 radical (unpaired) electrons. The van der Waals surface area contributed by atoms with Crippen molar-refractivity contribution < 1.29 is 8.91 Å². The van der Waals surface area contributed by atoms with Gasteiger partial charge in [-0.05, 0) is 37.1 Å². The van der Waals surface area contributed by atoms with Gasteiger partial charge in [0.2, 0.25) is 0 Å². The van der Waals surface area contributed by atoms with Crippen molar-refractivity contribution >= 4 is 21.8 Å². The Kier molecular flexibility index (Phi) is 1.59. The minimum Gasteiger partial charge on any atom is -0.331 e. The first kappa shape index (κ1) is 8.59. The molecule has 0 unspecified atom stereocenters. The van der Waals surface area contributed by atoms with E-state index in [1.165, 1.54) is 0 Å². The molecule has 2 heterocycles. The maximum atomic E-state index is 12.9. The number of amides is 1. The molecule has 0 N–H and O–H groups in total. The molecule has 1 fully saturated rings. The fraction of sp³-hybridized carbons (Fsp3) is 0.267. The molecule has 0 saturated heterocycles. The predicted octanol–water partition coefficient (Wildman–Crippen LogP) is 3.31. The number of aromatic nitrogens is 1. The lowest BCUT2D eigenvalue weighted by Crippen LogP contribution is -2.36. The molecular formula is C15H13BrN2O. The normalized spacial score (nSPS) is 22.1. The Morgan fingerprint density at radius 3 is 2.95 bits per heavy atom. The fourth-order valence-electron chi connectivity index (χ4n) is 2.90. The van der Waals surface area contributed by atoms with E-state index in [2.05, 4.69) is 15.9 Å². The van der Waals surface area contributed by atoms with Gasteiger partial charge in [-0.1, -0.05) is 22.0 Å². The fourth-order valence-corrected chi connectivity index (χ4v) is 3.25. The van der Waals surface area contributed by atoms with Crippen LogP contribution in [-0.2, 0) is 5.54 Å². The van der Waals surface area contributed by atoms with Gasteiger partial charge in [-0.25, -0.2) is 0 Å². The van der Waals surface area contributed by atoms with Gasteiger partial charge in [0.1, 0.15) is 5.69 Å². The monoisotopic (exact) mass is 319 g/mol. The summed E-state index contributed by atoms with van der Waals surface area (Å²) >= 11 is 3.46. The summed E-state index contributed by atoms with van der Waals surface area (Å²) in [6.45, 7) is -2.46. The van der Waals surface area contributed by atoms with Gasteiger partial charge in [-0.3, -0.25) is 4.79 Å². The van der Waals surface area contributed by atoms with Crippen LogP contribution in [-0.4, -0.2) is 22.4 Å². The SMILES string of the molecule is [2H]C([2H])([2H])N1C(=O)c2cccn2-c2cc(Br)ccc2C12CC2. The highest BCUT2D eigenvalue weighted by molar-refractivity contribution is 9.10. The van der Waals surface area contributed by atoms with E-state index in [0.29, 0.717) is 18.5 Å². The summed E-state index contributed by atoms with van der Waals surface area (Å²) in [6, 6.07) is 9.20. The Bertz CT molecular complexity index is 792. The van der Waals surface area contributed by atoms with Crippen molar-refractivity contribution in [3.63, 3.8) is 0 Å². The van der Waals surface area contributed by atoms with Crippen molar-refractivity contribution in [2.45, 2.75) is 18.4 Å². The van der Waals surface area contributed by atoms with Gasteiger partial charge in [-0.15, -0.1) is 0 Å². The molecular weight excluding hydrogens is 304 g/mol. The van der Waals surface area contributed by atoms with Gasteiger partial charge >= 0.3 is 0 Å². The van der Waals surface area contributed by atoms with Crippen LogP contribution in [0.15, 0.2) is 41.0 Å². The van der Waals surface area contributed by atoms with Crippen LogP contribution in [0.4, 0.5) is 0 Å². The van der Waals surface area contributed by atoms with Gasteiger partial charge in [0.25, 0.3) is 5.91 Å². The summed E-state index contributed by atoms with van der Waals surface area (Å²) in [4.78, 5) is 14.0. The van der Waals surface area contributed by atoms with Crippen LogP contribution in [0.1, 0.15) is 33.0 Å². The van der Waals surface area contributed by atoms with E-state index in [1.54, 1.807) is 22.9 Å². The van der Waals surface area contributed by atoms with Crippen LogP contribution in [0.5, 0.6) is 0 Å². The molecule has 2 aliphatic rings. The van der Waals surface area contributed by atoms with Crippen molar-refractivity contribution in [3.8, 4) is 5.69 Å². The maximum Gasteiger partial charge on any atom is 0.271 e. The van der Waals surface area contributed by atoms with Gasteiger partial charge in [0, 0.05) is 27.3 Å². The summed E-state index contributed by atoms with van der Waals surface area (Å²) in [6.07, 6.45) is 3.16. The minimum atomic E-state index is -2.46. The lowest BCUT2D eigenvalue weighted by Gasteiger charge is -2.27. The van der Waals surface area contributed by atoms with Gasteiger partial charge < -0.3 is 9.47 Å². The number of carbonyl (C=O) groups is 1. The second kappa shape index (κ2) is 3.51. The second-order valence-corrected chi connectivity index (χ2v) is 6.01. The Balaban J connectivity index is 2.07.